The van der Waals surface area contributed by atoms with E-state index in [0.29, 0.717) is 12.1 Å². The number of thiophene rings is 1. The van der Waals surface area contributed by atoms with E-state index in [-0.39, 0.29) is 0 Å². The fraction of sp³-hybridized carbons (Fsp3) is 0.500. The molecule has 0 radical (unpaired) electrons. The van der Waals surface area contributed by atoms with Crippen molar-refractivity contribution in [2.24, 2.45) is 0 Å². The van der Waals surface area contributed by atoms with Crippen LogP contribution in [0.15, 0.2) is 28.2 Å². The van der Waals surface area contributed by atoms with Crippen molar-refractivity contribution in [3.05, 3.63) is 34.3 Å². The van der Waals surface area contributed by atoms with Gasteiger partial charge in [0.25, 0.3) is 6.01 Å². The van der Waals surface area contributed by atoms with E-state index in [2.05, 4.69) is 53.5 Å². The Kier molecular flexibility index (Phi) is 4.99. The van der Waals surface area contributed by atoms with Gasteiger partial charge in [0.05, 0.1) is 12.2 Å². The molecule has 2 rings (SSSR count). The molecule has 0 amide bonds. The lowest BCUT2D eigenvalue weighted by Crippen LogP contribution is -2.30. The van der Waals surface area contributed by atoms with E-state index in [0.717, 1.165) is 25.3 Å². The van der Waals surface area contributed by atoms with Crippen LogP contribution in [0.2, 0.25) is 0 Å². The summed E-state index contributed by atoms with van der Waals surface area (Å²) in [7, 11) is 0. The van der Waals surface area contributed by atoms with Crippen LogP contribution in [0.4, 0.5) is 6.01 Å². The number of aromatic nitrogens is 1. The van der Waals surface area contributed by atoms with Gasteiger partial charge in [-0.2, -0.15) is 4.98 Å². The molecule has 2 aromatic heterocycles. The van der Waals surface area contributed by atoms with Crippen LogP contribution in [0.5, 0.6) is 0 Å². The van der Waals surface area contributed by atoms with E-state index in [1.807, 2.05) is 0 Å². The molecule has 0 aliphatic carbocycles. The minimum absolute atomic E-state index is 0.354. The number of rotatable bonds is 7. The Bertz CT molecular complexity index is 479. The molecule has 0 aliphatic heterocycles. The standard InChI is InChI=1S/C14H21N3OS/c1-4-15-8-12-10-18-14(16-12)17(11(2)3)9-13-6-5-7-19-13/h5-7,10-11,15H,4,8-9H2,1-3H3. The maximum Gasteiger partial charge on any atom is 0.298 e. The summed E-state index contributed by atoms with van der Waals surface area (Å²) in [5, 5.41) is 5.35. The molecule has 0 saturated carbocycles. The number of nitrogens with one attached hydrogen (secondary N) is 1. The second-order valence-corrected chi connectivity index (χ2v) is 5.74. The lowest BCUT2D eigenvalue weighted by atomic mass is 10.3. The Balaban J connectivity index is 2.08. The first kappa shape index (κ1) is 14.1. The number of nitrogens with zero attached hydrogens (tertiary/aromatic N) is 2. The quantitative estimate of drug-likeness (QED) is 0.844. The minimum Gasteiger partial charge on any atom is -0.432 e. The summed E-state index contributed by atoms with van der Waals surface area (Å²) in [5.74, 6) is 0. The molecule has 0 aromatic carbocycles. The maximum absolute atomic E-state index is 5.61. The molecular weight excluding hydrogens is 258 g/mol. The highest BCUT2D eigenvalue weighted by Crippen LogP contribution is 2.21. The topological polar surface area (TPSA) is 41.3 Å². The zero-order valence-electron chi connectivity index (χ0n) is 11.7. The van der Waals surface area contributed by atoms with Crippen molar-refractivity contribution in [2.45, 2.75) is 39.9 Å². The van der Waals surface area contributed by atoms with Crippen molar-refractivity contribution in [1.29, 1.82) is 0 Å². The first-order valence-corrected chi connectivity index (χ1v) is 7.52. The van der Waals surface area contributed by atoms with Gasteiger partial charge in [0, 0.05) is 17.5 Å². The van der Waals surface area contributed by atoms with Gasteiger partial charge in [-0.25, -0.2) is 0 Å². The lowest BCUT2D eigenvalue weighted by molar-refractivity contribution is 0.510. The summed E-state index contributed by atoms with van der Waals surface area (Å²) < 4.78 is 5.61. The molecule has 0 unspecified atom stereocenters. The second-order valence-electron chi connectivity index (χ2n) is 4.70. The number of hydrogen-bond donors (Lipinski definition) is 1. The maximum atomic E-state index is 5.61. The first-order chi connectivity index (χ1) is 9.20. The van der Waals surface area contributed by atoms with Crippen LogP contribution < -0.4 is 10.2 Å². The third kappa shape index (κ3) is 3.81. The van der Waals surface area contributed by atoms with E-state index in [1.165, 1.54) is 4.88 Å². The van der Waals surface area contributed by atoms with Crippen LogP contribution >= 0.6 is 11.3 Å². The van der Waals surface area contributed by atoms with Crippen molar-refractivity contribution >= 4 is 17.4 Å². The van der Waals surface area contributed by atoms with Crippen LogP contribution in [0, 0.1) is 0 Å². The molecule has 1 N–H and O–H groups in total. The third-order valence-corrected chi connectivity index (χ3v) is 3.73. The van der Waals surface area contributed by atoms with Gasteiger partial charge in [0.2, 0.25) is 0 Å². The molecule has 104 valence electrons. The summed E-state index contributed by atoms with van der Waals surface area (Å²) in [4.78, 5) is 8.05. The zero-order valence-corrected chi connectivity index (χ0v) is 12.5. The van der Waals surface area contributed by atoms with Crippen LogP contribution in [0.3, 0.4) is 0 Å². The molecule has 0 aliphatic rings. The van der Waals surface area contributed by atoms with Crippen molar-refractivity contribution < 1.29 is 4.42 Å². The molecule has 2 aromatic rings. The van der Waals surface area contributed by atoms with E-state index in [4.69, 9.17) is 4.42 Å². The highest BCUT2D eigenvalue weighted by atomic mass is 32.1. The van der Waals surface area contributed by atoms with E-state index >= 15 is 0 Å². The van der Waals surface area contributed by atoms with Gasteiger partial charge in [-0.15, -0.1) is 11.3 Å². The van der Waals surface area contributed by atoms with Gasteiger partial charge in [0.15, 0.2) is 0 Å². The molecule has 0 atom stereocenters. The molecule has 19 heavy (non-hydrogen) atoms. The fourth-order valence-electron chi connectivity index (χ4n) is 1.80. The van der Waals surface area contributed by atoms with E-state index < -0.39 is 0 Å². The molecule has 0 spiro atoms. The highest BCUT2D eigenvalue weighted by Gasteiger charge is 2.17. The van der Waals surface area contributed by atoms with Crippen molar-refractivity contribution in [2.75, 3.05) is 11.4 Å². The monoisotopic (exact) mass is 279 g/mol. The normalized spacial score (nSPS) is 11.2. The number of oxazole rings is 1. The van der Waals surface area contributed by atoms with Gasteiger partial charge in [-0.1, -0.05) is 13.0 Å². The summed E-state index contributed by atoms with van der Waals surface area (Å²) in [6.07, 6.45) is 1.74. The molecular formula is C14H21N3OS. The Morgan fingerprint density at radius 3 is 2.95 bits per heavy atom. The Morgan fingerprint density at radius 1 is 1.47 bits per heavy atom. The SMILES string of the molecule is CCNCc1coc(N(Cc2cccs2)C(C)C)n1. The van der Waals surface area contributed by atoms with Crippen LogP contribution in [-0.2, 0) is 13.1 Å². The highest BCUT2D eigenvalue weighted by molar-refractivity contribution is 7.09. The van der Waals surface area contributed by atoms with E-state index in [1.54, 1.807) is 17.6 Å². The van der Waals surface area contributed by atoms with Crippen molar-refractivity contribution in [3.8, 4) is 0 Å². The van der Waals surface area contributed by atoms with Crippen molar-refractivity contribution in [1.82, 2.24) is 10.3 Å². The minimum atomic E-state index is 0.354. The summed E-state index contributed by atoms with van der Waals surface area (Å²) >= 11 is 1.76. The lowest BCUT2D eigenvalue weighted by Gasteiger charge is -2.24. The van der Waals surface area contributed by atoms with E-state index in [9.17, 15) is 0 Å². The Labute approximate surface area is 118 Å². The average molecular weight is 279 g/mol. The number of hydrogen-bond acceptors (Lipinski definition) is 5. The van der Waals surface area contributed by atoms with Gasteiger partial charge >= 0.3 is 0 Å². The smallest absolute Gasteiger partial charge is 0.298 e. The second kappa shape index (κ2) is 6.73. The van der Waals surface area contributed by atoms with Crippen LogP contribution in [-0.4, -0.2) is 17.6 Å². The molecule has 4 nitrogen and oxygen atoms in total. The van der Waals surface area contributed by atoms with Gasteiger partial charge in [-0.3, -0.25) is 0 Å². The molecule has 0 bridgehead atoms. The predicted molar refractivity (Wildman–Crippen MR) is 79.5 cm³/mol. The largest absolute Gasteiger partial charge is 0.432 e. The van der Waals surface area contributed by atoms with Gasteiger partial charge in [0.1, 0.15) is 6.26 Å². The molecule has 5 heteroatoms. The van der Waals surface area contributed by atoms with Crippen LogP contribution in [0.1, 0.15) is 31.3 Å². The third-order valence-electron chi connectivity index (χ3n) is 2.87. The summed E-state index contributed by atoms with van der Waals surface area (Å²) in [6, 6.07) is 5.27. The first-order valence-electron chi connectivity index (χ1n) is 6.64. The number of anilines is 1. The fourth-order valence-corrected chi connectivity index (χ4v) is 2.51. The zero-order chi connectivity index (χ0) is 13.7. The predicted octanol–water partition coefficient (Wildman–Crippen LogP) is 3.26. The molecule has 0 fully saturated rings. The van der Waals surface area contributed by atoms with Crippen molar-refractivity contribution in [3.63, 3.8) is 0 Å². The van der Waals surface area contributed by atoms with Gasteiger partial charge in [-0.05, 0) is 31.8 Å². The molecule has 0 saturated heterocycles. The summed E-state index contributed by atoms with van der Waals surface area (Å²) in [5.41, 5.74) is 0.952. The van der Waals surface area contributed by atoms with Gasteiger partial charge < -0.3 is 14.6 Å². The van der Waals surface area contributed by atoms with Crippen LogP contribution in [0.25, 0.3) is 0 Å². The average Bonchev–Trinajstić information content (AvgIpc) is 3.04. The molecule has 2 heterocycles. The summed E-state index contributed by atoms with van der Waals surface area (Å²) in [6.45, 7) is 8.93. The Hall–Kier alpha value is -1.33. The Morgan fingerprint density at radius 2 is 2.32 bits per heavy atom.